The molecule has 0 fully saturated rings. The number of aryl methyl sites for hydroxylation is 2. The molecule has 0 radical (unpaired) electrons. The van der Waals surface area contributed by atoms with Crippen molar-refractivity contribution in [3.63, 3.8) is 0 Å². The quantitative estimate of drug-likeness (QED) is 0.800. The van der Waals surface area contributed by atoms with Gasteiger partial charge < -0.3 is 5.11 Å². The average molecular weight is 236 g/mol. The molecule has 0 aliphatic carbocycles. The Morgan fingerprint density at radius 1 is 1.53 bits per heavy atom. The first kappa shape index (κ1) is 11.3. The first-order valence-electron chi connectivity index (χ1n) is 5.20. The lowest BCUT2D eigenvalue weighted by Crippen LogP contribution is -2.26. The summed E-state index contributed by atoms with van der Waals surface area (Å²) in [7, 11) is 0. The van der Waals surface area contributed by atoms with Gasteiger partial charge in [0.15, 0.2) is 5.65 Å². The Labute approximate surface area is 96.3 Å². The number of aromatic nitrogens is 4. The summed E-state index contributed by atoms with van der Waals surface area (Å²) in [5, 5.41) is 12.6. The lowest BCUT2D eigenvalue weighted by Gasteiger charge is -2.00. The summed E-state index contributed by atoms with van der Waals surface area (Å²) >= 11 is 0. The number of nitrogens with zero attached hydrogens (tertiary/aromatic N) is 4. The van der Waals surface area contributed by atoms with E-state index in [2.05, 4.69) is 10.1 Å². The molecule has 2 aromatic rings. The molecule has 0 aromatic carbocycles. The number of fused-ring (bicyclic) bond motifs is 1. The maximum Gasteiger partial charge on any atom is 0.352 e. The molecule has 0 amide bonds. The Hall–Kier alpha value is -2.18. The number of aliphatic carboxylic acids is 1. The van der Waals surface area contributed by atoms with Crippen LogP contribution in [0.1, 0.15) is 18.4 Å². The zero-order valence-corrected chi connectivity index (χ0v) is 9.54. The van der Waals surface area contributed by atoms with E-state index in [9.17, 15) is 9.59 Å². The average Bonchev–Trinajstić information content (AvgIpc) is 2.53. The van der Waals surface area contributed by atoms with Crippen LogP contribution in [0.2, 0.25) is 0 Å². The third-order valence-corrected chi connectivity index (χ3v) is 2.37. The first-order valence-corrected chi connectivity index (χ1v) is 5.20. The van der Waals surface area contributed by atoms with Crippen LogP contribution in [0.3, 0.4) is 0 Å². The van der Waals surface area contributed by atoms with Crippen LogP contribution in [0.15, 0.2) is 10.9 Å². The minimum Gasteiger partial charge on any atom is -0.480 e. The standard InChI is InChI=1S/C10H12N4O3/c1-3-7-11-6(2)4-8-12-13(5-9(15)16)10(17)14(7)8/h4H,3,5H2,1-2H3,(H,15,16). The van der Waals surface area contributed by atoms with Gasteiger partial charge in [-0.05, 0) is 6.92 Å². The van der Waals surface area contributed by atoms with Crippen molar-refractivity contribution in [2.45, 2.75) is 26.8 Å². The van der Waals surface area contributed by atoms with Crippen LogP contribution < -0.4 is 5.69 Å². The second-order valence-corrected chi connectivity index (χ2v) is 3.69. The Bertz CT molecular complexity index is 641. The number of carboxylic acids is 1. The van der Waals surface area contributed by atoms with Gasteiger partial charge in [0.05, 0.1) is 0 Å². The van der Waals surface area contributed by atoms with Crippen molar-refractivity contribution < 1.29 is 9.90 Å². The van der Waals surface area contributed by atoms with Crippen molar-refractivity contribution in [3.05, 3.63) is 28.1 Å². The summed E-state index contributed by atoms with van der Waals surface area (Å²) in [5.41, 5.74) is 0.717. The second-order valence-electron chi connectivity index (χ2n) is 3.69. The lowest BCUT2D eigenvalue weighted by atomic mass is 10.4. The molecule has 2 rings (SSSR count). The first-order chi connectivity index (χ1) is 8.02. The van der Waals surface area contributed by atoms with Crippen molar-refractivity contribution in [3.8, 4) is 0 Å². The van der Waals surface area contributed by atoms with Crippen LogP contribution in [0, 0.1) is 6.92 Å². The molecular weight excluding hydrogens is 224 g/mol. The van der Waals surface area contributed by atoms with E-state index in [1.165, 1.54) is 4.40 Å². The summed E-state index contributed by atoms with van der Waals surface area (Å²) in [6.07, 6.45) is 0.580. The smallest absolute Gasteiger partial charge is 0.352 e. The van der Waals surface area contributed by atoms with Gasteiger partial charge in [-0.25, -0.2) is 18.9 Å². The molecule has 0 bridgehead atoms. The molecule has 2 aromatic heterocycles. The third-order valence-electron chi connectivity index (χ3n) is 2.37. The van der Waals surface area contributed by atoms with Gasteiger partial charge in [-0.1, -0.05) is 6.92 Å². The predicted molar refractivity (Wildman–Crippen MR) is 59.0 cm³/mol. The lowest BCUT2D eigenvalue weighted by molar-refractivity contribution is -0.137. The van der Waals surface area contributed by atoms with E-state index < -0.39 is 18.2 Å². The topological polar surface area (TPSA) is 89.5 Å². The van der Waals surface area contributed by atoms with Crippen LogP contribution in [0.4, 0.5) is 0 Å². The molecule has 0 saturated heterocycles. The van der Waals surface area contributed by atoms with E-state index in [0.717, 1.165) is 10.4 Å². The van der Waals surface area contributed by atoms with Crippen LogP contribution in [-0.2, 0) is 17.8 Å². The number of hydrogen-bond acceptors (Lipinski definition) is 4. The highest BCUT2D eigenvalue weighted by Gasteiger charge is 2.13. The number of hydrogen-bond donors (Lipinski definition) is 1. The van der Waals surface area contributed by atoms with Crippen LogP contribution >= 0.6 is 0 Å². The summed E-state index contributed by atoms with van der Waals surface area (Å²) in [6, 6.07) is 1.65. The third kappa shape index (κ3) is 1.91. The molecule has 0 aliphatic rings. The van der Waals surface area contributed by atoms with E-state index in [1.54, 1.807) is 13.0 Å². The SMILES string of the molecule is CCc1nc(C)cc2nn(CC(=O)O)c(=O)n12. The molecule has 0 unspecified atom stereocenters. The van der Waals surface area contributed by atoms with Gasteiger partial charge in [0.2, 0.25) is 0 Å². The minimum atomic E-state index is -1.10. The van der Waals surface area contributed by atoms with Crippen molar-refractivity contribution in [2.24, 2.45) is 0 Å². The van der Waals surface area contributed by atoms with Gasteiger partial charge in [-0.15, -0.1) is 5.10 Å². The van der Waals surface area contributed by atoms with Crippen molar-refractivity contribution in [1.82, 2.24) is 19.2 Å². The molecule has 0 spiro atoms. The summed E-state index contributed by atoms with van der Waals surface area (Å²) < 4.78 is 2.27. The summed E-state index contributed by atoms with van der Waals surface area (Å²) in [6.45, 7) is 3.24. The van der Waals surface area contributed by atoms with Gasteiger partial charge in [-0.3, -0.25) is 4.79 Å². The van der Waals surface area contributed by atoms with Gasteiger partial charge in [0.25, 0.3) is 0 Å². The van der Waals surface area contributed by atoms with E-state index in [4.69, 9.17) is 5.11 Å². The molecule has 90 valence electrons. The van der Waals surface area contributed by atoms with Crippen molar-refractivity contribution >= 4 is 11.6 Å². The van der Waals surface area contributed by atoms with Gasteiger partial charge in [-0.2, -0.15) is 0 Å². The molecule has 17 heavy (non-hydrogen) atoms. The zero-order chi connectivity index (χ0) is 12.6. The highest BCUT2D eigenvalue weighted by Crippen LogP contribution is 2.04. The van der Waals surface area contributed by atoms with Gasteiger partial charge in [0.1, 0.15) is 12.4 Å². The maximum absolute atomic E-state index is 11.9. The Balaban J connectivity index is 2.73. The molecule has 0 saturated carbocycles. The van der Waals surface area contributed by atoms with Crippen LogP contribution in [0.25, 0.3) is 5.65 Å². The van der Waals surface area contributed by atoms with E-state index in [1.807, 2.05) is 6.92 Å². The predicted octanol–water partition coefficient (Wildman–Crippen LogP) is -0.154. The second kappa shape index (κ2) is 4.00. The summed E-state index contributed by atoms with van der Waals surface area (Å²) in [5.74, 6) is -0.514. The number of carboxylic acid groups (broad SMARTS) is 1. The molecule has 0 atom stereocenters. The number of rotatable bonds is 3. The van der Waals surface area contributed by atoms with E-state index in [0.29, 0.717) is 17.9 Å². The van der Waals surface area contributed by atoms with E-state index >= 15 is 0 Å². The maximum atomic E-state index is 11.9. The van der Waals surface area contributed by atoms with Crippen molar-refractivity contribution in [2.75, 3.05) is 0 Å². The highest BCUT2D eigenvalue weighted by molar-refractivity contribution is 5.66. The fourth-order valence-corrected chi connectivity index (χ4v) is 1.70. The largest absolute Gasteiger partial charge is 0.480 e. The minimum absolute atomic E-state index is 0.431. The fourth-order valence-electron chi connectivity index (χ4n) is 1.70. The van der Waals surface area contributed by atoms with Crippen LogP contribution in [-0.4, -0.2) is 30.2 Å². The van der Waals surface area contributed by atoms with Gasteiger partial charge in [0, 0.05) is 18.2 Å². The van der Waals surface area contributed by atoms with E-state index in [-0.39, 0.29) is 0 Å². The van der Waals surface area contributed by atoms with Crippen LogP contribution in [0.5, 0.6) is 0 Å². The Morgan fingerprint density at radius 3 is 2.82 bits per heavy atom. The number of carbonyl (C=O) groups is 1. The Kier molecular flexibility index (Phi) is 2.66. The molecule has 0 aliphatic heterocycles. The molecule has 2 heterocycles. The Morgan fingerprint density at radius 2 is 2.24 bits per heavy atom. The highest BCUT2D eigenvalue weighted by atomic mass is 16.4. The van der Waals surface area contributed by atoms with Gasteiger partial charge >= 0.3 is 11.7 Å². The fraction of sp³-hybridized carbons (Fsp3) is 0.400. The monoisotopic (exact) mass is 236 g/mol. The zero-order valence-electron chi connectivity index (χ0n) is 9.54. The molecule has 1 N–H and O–H groups in total. The normalized spacial score (nSPS) is 10.9. The molecule has 7 heteroatoms. The molecular formula is C10H12N4O3. The summed E-state index contributed by atoms with van der Waals surface area (Å²) in [4.78, 5) is 26.7. The molecule has 7 nitrogen and oxygen atoms in total. The van der Waals surface area contributed by atoms with Crippen molar-refractivity contribution in [1.29, 1.82) is 0 Å².